The summed E-state index contributed by atoms with van der Waals surface area (Å²) >= 11 is 0. The summed E-state index contributed by atoms with van der Waals surface area (Å²) in [6, 6.07) is 0.251. The van der Waals surface area contributed by atoms with E-state index in [1.165, 1.54) is 6.92 Å². The Morgan fingerprint density at radius 3 is 2.38 bits per heavy atom. The van der Waals surface area contributed by atoms with Crippen molar-refractivity contribution in [2.24, 2.45) is 0 Å². The van der Waals surface area contributed by atoms with Gasteiger partial charge in [-0.05, 0) is 6.07 Å². The Kier molecular flexibility index (Phi) is 3.22. The standard InChI is InChI=1S/C8H7F4NO2S/c1-2-16(14,15)6-3-5(8(10,11)12)4-13-7(6)9/h3-4H,2H2,1H3. The molecule has 0 amide bonds. The van der Waals surface area contributed by atoms with Gasteiger partial charge in [-0.1, -0.05) is 6.92 Å². The largest absolute Gasteiger partial charge is 0.417 e. The van der Waals surface area contributed by atoms with Crippen LogP contribution in [0, 0.1) is 5.95 Å². The summed E-state index contributed by atoms with van der Waals surface area (Å²) in [5, 5.41) is 0. The van der Waals surface area contributed by atoms with Gasteiger partial charge in [0.25, 0.3) is 0 Å². The molecule has 0 bridgehead atoms. The Hall–Kier alpha value is -1.18. The lowest BCUT2D eigenvalue weighted by Gasteiger charge is -2.08. The van der Waals surface area contributed by atoms with E-state index in [0.29, 0.717) is 0 Å². The Morgan fingerprint density at radius 1 is 1.38 bits per heavy atom. The van der Waals surface area contributed by atoms with Gasteiger partial charge >= 0.3 is 6.18 Å². The highest BCUT2D eigenvalue weighted by atomic mass is 32.2. The summed E-state index contributed by atoms with van der Waals surface area (Å²) in [6.07, 6.45) is -4.50. The van der Waals surface area contributed by atoms with Crippen molar-refractivity contribution in [1.29, 1.82) is 0 Å². The number of hydrogen-bond acceptors (Lipinski definition) is 3. The number of halogens is 4. The smallest absolute Gasteiger partial charge is 0.227 e. The lowest BCUT2D eigenvalue weighted by atomic mass is 10.3. The van der Waals surface area contributed by atoms with Gasteiger partial charge in [-0.15, -0.1) is 0 Å². The van der Waals surface area contributed by atoms with Gasteiger partial charge in [0.1, 0.15) is 4.90 Å². The van der Waals surface area contributed by atoms with Crippen LogP contribution < -0.4 is 0 Å². The number of rotatable bonds is 2. The Morgan fingerprint density at radius 2 is 1.94 bits per heavy atom. The molecule has 0 saturated heterocycles. The van der Waals surface area contributed by atoms with E-state index >= 15 is 0 Å². The molecule has 16 heavy (non-hydrogen) atoms. The van der Waals surface area contributed by atoms with Crippen LogP contribution in [-0.2, 0) is 16.0 Å². The first-order valence-corrected chi connectivity index (χ1v) is 5.79. The fourth-order valence-corrected chi connectivity index (χ4v) is 1.88. The van der Waals surface area contributed by atoms with E-state index < -0.39 is 38.2 Å². The fourth-order valence-electron chi connectivity index (χ4n) is 0.957. The molecule has 0 fully saturated rings. The van der Waals surface area contributed by atoms with Crippen molar-refractivity contribution >= 4 is 9.84 Å². The van der Waals surface area contributed by atoms with E-state index in [1.807, 2.05) is 0 Å². The first-order valence-electron chi connectivity index (χ1n) is 4.14. The van der Waals surface area contributed by atoms with E-state index in [1.54, 1.807) is 0 Å². The summed E-state index contributed by atoms with van der Waals surface area (Å²) in [7, 11) is -4.05. The van der Waals surface area contributed by atoms with Gasteiger partial charge in [-0.25, -0.2) is 13.4 Å². The quantitative estimate of drug-likeness (QED) is 0.601. The highest BCUT2D eigenvalue weighted by Crippen LogP contribution is 2.30. The van der Waals surface area contributed by atoms with Crippen LogP contribution in [0.15, 0.2) is 17.2 Å². The van der Waals surface area contributed by atoms with Gasteiger partial charge in [-0.3, -0.25) is 0 Å². The van der Waals surface area contributed by atoms with Crippen molar-refractivity contribution in [1.82, 2.24) is 4.98 Å². The first kappa shape index (κ1) is 12.9. The fraction of sp³-hybridized carbons (Fsp3) is 0.375. The molecule has 0 saturated carbocycles. The minimum atomic E-state index is -4.75. The molecule has 0 aromatic carbocycles. The molecule has 0 aliphatic carbocycles. The van der Waals surface area contributed by atoms with Gasteiger partial charge in [0.15, 0.2) is 9.84 Å². The topological polar surface area (TPSA) is 47.0 Å². The third-order valence-electron chi connectivity index (χ3n) is 1.85. The van der Waals surface area contributed by atoms with Crippen LogP contribution in [0.2, 0.25) is 0 Å². The minimum Gasteiger partial charge on any atom is -0.227 e. The first-order chi connectivity index (χ1) is 7.18. The van der Waals surface area contributed by atoms with Gasteiger partial charge < -0.3 is 0 Å². The number of alkyl halides is 3. The van der Waals surface area contributed by atoms with Crippen molar-refractivity contribution in [3.63, 3.8) is 0 Å². The summed E-state index contributed by atoms with van der Waals surface area (Å²) in [4.78, 5) is 1.77. The number of aromatic nitrogens is 1. The number of pyridine rings is 1. The summed E-state index contributed by atoms with van der Waals surface area (Å²) in [6.45, 7) is 1.20. The predicted molar refractivity (Wildman–Crippen MR) is 46.9 cm³/mol. The number of hydrogen-bond donors (Lipinski definition) is 0. The van der Waals surface area contributed by atoms with Crippen molar-refractivity contribution in [2.45, 2.75) is 18.0 Å². The minimum absolute atomic E-state index is 0.251. The lowest BCUT2D eigenvalue weighted by molar-refractivity contribution is -0.138. The molecule has 90 valence electrons. The van der Waals surface area contributed by atoms with Crippen molar-refractivity contribution in [3.05, 3.63) is 23.8 Å². The van der Waals surface area contributed by atoms with Gasteiger partial charge in [0.2, 0.25) is 5.95 Å². The van der Waals surface area contributed by atoms with Crippen LogP contribution >= 0.6 is 0 Å². The summed E-state index contributed by atoms with van der Waals surface area (Å²) in [5.74, 6) is -1.91. The van der Waals surface area contributed by atoms with E-state index in [9.17, 15) is 26.0 Å². The normalized spacial score (nSPS) is 12.8. The van der Waals surface area contributed by atoms with Crippen LogP contribution in [0.1, 0.15) is 12.5 Å². The Balaban J connectivity index is 3.42. The van der Waals surface area contributed by atoms with E-state index in [-0.39, 0.29) is 12.3 Å². The van der Waals surface area contributed by atoms with Crippen LogP contribution in [0.25, 0.3) is 0 Å². The zero-order valence-electron chi connectivity index (χ0n) is 8.05. The Labute approximate surface area is 89.0 Å². The third-order valence-corrected chi connectivity index (χ3v) is 3.57. The maximum absolute atomic E-state index is 13.0. The van der Waals surface area contributed by atoms with Gasteiger partial charge in [0.05, 0.1) is 11.3 Å². The predicted octanol–water partition coefficient (Wildman–Crippen LogP) is 2.03. The number of nitrogens with zero attached hydrogens (tertiary/aromatic N) is 1. The maximum atomic E-state index is 13.0. The van der Waals surface area contributed by atoms with Gasteiger partial charge in [-0.2, -0.15) is 17.6 Å². The van der Waals surface area contributed by atoms with Crippen molar-refractivity contribution in [2.75, 3.05) is 5.75 Å². The van der Waals surface area contributed by atoms with E-state index in [2.05, 4.69) is 4.98 Å². The zero-order chi connectivity index (χ0) is 12.6. The monoisotopic (exact) mass is 257 g/mol. The molecule has 0 unspecified atom stereocenters. The maximum Gasteiger partial charge on any atom is 0.417 e. The molecule has 0 N–H and O–H groups in total. The van der Waals surface area contributed by atoms with Crippen LogP contribution in [0.3, 0.4) is 0 Å². The average Bonchev–Trinajstić information content (AvgIpc) is 2.16. The van der Waals surface area contributed by atoms with Crippen LogP contribution in [0.5, 0.6) is 0 Å². The number of sulfone groups is 1. The lowest BCUT2D eigenvalue weighted by Crippen LogP contribution is -2.12. The van der Waals surface area contributed by atoms with E-state index in [0.717, 1.165) is 0 Å². The Bertz CT molecular complexity index is 495. The molecule has 0 aliphatic heterocycles. The highest BCUT2D eigenvalue weighted by molar-refractivity contribution is 7.91. The second kappa shape index (κ2) is 4.00. The highest BCUT2D eigenvalue weighted by Gasteiger charge is 2.33. The summed E-state index contributed by atoms with van der Waals surface area (Å²) < 4.78 is 72.2. The van der Waals surface area contributed by atoms with Crippen molar-refractivity contribution in [3.8, 4) is 0 Å². The molecule has 0 spiro atoms. The van der Waals surface area contributed by atoms with Crippen molar-refractivity contribution < 1.29 is 26.0 Å². The molecule has 1 aromatic rings. The second-order valence-corrected chi connectivity index (χ2v) is 5.16. The average molecular weight is 257 g/mol. The molecule has 0 atom stereocenters. The molecule has 0 radical (unpaired) electrons. The molecule has 1 heterocycles. The second-order valence-electron chi connectivity index (χ2n) is 2.91. The SMILES string of the molecule is CCS(=O)(=O)c1cc(C(F)(F)F)cnc1F. The van der Waals surface area contributed by atoms with Gasteiger partial charge in [0, 0.05) is 6.20 Å². The summed E-state index contributed by atoms with van der Waals surface area (Å²) in [5.41, 5.74) is -1.29. The third kappa shape index (κ3) is 2.49. The molecular weight excluding hydrogens is 250 g/mol. The molecule has 1 rings (SSSR count). The molecule has 3 nitrogen and oxygen atoms in total. The molecule has 0 aliphatic rings. The molecular formula is C8H7F4NO2S. The molecule has 8 heteroatoms. The zero-order valence-corrected chi connectivity index (χ0v) is 8.86. The van der Waals surface area contributed by atoms with Crippen LogP contribution in [0.4, 0.5) is 17.6 Å². The molecule has 1 aromatic heterocycles. The van der Waals surface area contributed by atoms with Crippen LogP contribution in [-0.4, -0.2) is 19.2 Å². The van der Waals surface area contributed by atoms with E-state index in [4.69, 9.17) is 0 Å².